The van der Waals surface area contributed by atoms with Crippen molar-refractivity contribution in [2.45, 2.75) is 12.5 Å². The minimum Gasteiger partial charge on any atom is -0.495 e. The number of aromatic nitrogens is 1. The van der Waals surface area contributed by atoms with Gasteiger partial charge in [-0.15, -0.1) is 0 Å². The van der Waals surface area contributed by atoms with Crippen LogP contribution in [0, 0.1) is 5.82 Å². The van der Waals surface area contributed by atoms with Crippen molar-refractivity contribution in [2.24, 2.45) is 5.73 Å². The molecule has 1 unspecified atom stereocenters. The molecule has 5 heteroatoms. The summed E-state index contributed by atoms with van der Waals surface area (Å²) in [5.41, 5.74) is 7.85. The Kier molecular flexibility index (Phi) is 4.50. The zero-order chi connectivity index (χ0) is 13.8. The summed E-state index contributed by atoms with van der Waals surface area (Å²) >= 11 is 3.24. The van der Waals surface area contributed by atoms with E-state index in [1.807, 2.05) is 12.1 Å². The van der Waals surface area contributed by atoms with Crippen LogP contribution in [0.15, 0.2) is 41.1 Å². The first-order valence-electron chi connectivity index (χ1n) is 5.80. The lowest BCUT2D eigenvalue weighted by atomic mass is 10.00. The minimum absolute atomic E-state index is 0.281. The fraction of sp³-hybridized carbons (Fsp3) is 0.214. The van der Waals surface area contributed by atoms with Crippen LogP contribution in [0.3, 0.4) is 0 Å². The van der Waals surface area contributed by atoms with Gasteiger partial charge < -0.3 is 10.5 Å². The van der Waals surface area contributed by atoms with Crippen LogP contribution in [-0.4, -0.2) is 12.1 Å². The van der Waals surface area contributed by atoms with Gasteiger partial charge in [-0.1, -0.05) is 12.1 Å². The molecule has 0 amide bonds. The van der Waals surface area contributed by atoms with Gasteiger partial charge in [-0.25, -0.2) is 4.39 Å². The van der Waals surface area contributed by atoms with Crippen LogP contribution in [-0.2, 0) is 6.42 Å². The van der Waals surface area contributed by atoms with Crippen molar-refractivity contribution in [2.75, 3.05) is 7.11 Å². The molecule has 2 aromatic rings. The maximum Gasteiger partial charge on any atom is 0.141 e. The topological polar surface area (TPSA) is 48.1 Å². The average Bonchev–Trinajstić information content (AvgIpc) is 2.43. The van der Waals surface area contributed by atoms with Crippen molar-refractivity contribution in [1.29, 1.82) is 0 Å². The molecule has 19 heavy (non-hydrogen) atoms. The Hall–Kier alpha value is -1.46. The highest BCUT2D eigenvalue weighted by Gasteiger charge is 2.15. The molecule has 0 bridgehead atoms. The molecule has 0 spiro atoms. The highest BCUT2D eigenvalue weighted by Crippen LogP contribution is 2.28. The van der Waals surface area contributed by atoms with Crippen molar-refractivity contribution >= 4 is 15.9 Å². The number of hydrogen-bond acceptors (Lipinski definition) is 3. The zero-order valence-electron chi connectivity index (χ0n) is 10.4. The van der Waals surface area contributed by atoms with Crippen LogP contribution in [0.2, 0.25) is 0 Å². The monoisotopic (exact) mass is 324 g/mol. The Morgan fingerprint density at radius 2 is 2.21 bits per heavy atom. The molecule has 1 atom stereocenters. The summed E-state index contributed by atoms with van der Waals surface area (Å²) in [6, 6.07) is 6.46. The van der Waals surface area contributed by atoms with Gasteiger partial charge in [0.2, 0.25) is 0 Å². The van der Waals surface area contributed by atoms with Gasteiger partial charge in [-0.05, 0) is 40.0 Å². The van der Waals surface area contributed by atoms with Crippen LogP contribution >= 0.6 is 15.9 Å². The second-order valence-electron chi connectivity index (χ2n) is 4.14. The number of halogens is 2. The maximum absolute atomic E-state index is 13.5. The first-order chi connectivity index (χ1) is 9.13. The summed E-state index contributed by atoms with van der Waals surface area (Å²) in [6.45, 7) is 0. The van der Waals surface area contributed by atoms with Gasteiger partial charge in [0, 0.05) is 17.8 Å². The van der Waals surface area contributed by atoms with E-state index in [0.717, 1.165) is 11.1 Å². The third kappa shape index (κ3) is 3.11. The van der Waals surface area contributed by atoms with Gasteiger partial charge in [-0.3, -0.25) is 4.98 Å². The zero-order valence-corrected chi connectivity index (χ0v) is 12.0. The van der Waals surface area contributed by atoms with E-state index in [9.17, 15) is 4.39 Å². The standard InChI is InChI=1S/C14H14BrFN2O/c1-19-13-8-18-6-5-10(13)12(17)7-9-3-2-4-11(16)14(9)15/h2-6,8,12H,7,17H2,1H3. The highest BCUT2D eigenvalue weighted by molar-refractivity contribution is 9.10. The molecule has 0 aliphatic carbocycles. The SMILES string of the molecule is COc1cnccc1C(N)Cc1cccc(F)c1Br. The maximum atomic E-state index is 13.5. The quantitative estimate of drug-likeness (QED) is 0.939. The van der Waals surface area contributed by atoms with Crippen LogP contribution < -0.4 is 10.5 Å². The predicted molar refractivity (Wildman–Crippen MR) is 75.5 cm³/mol. The number of hydrogen-bond donors (Lipinski definition) is 1. The Balaban J connectivity index is 2.26. The molecule has 0 saturated carbocycles. The van der Waals surface area contributed by atoms with Crippen molar-refractivity contribution < 1.29 is 9.13 Å². The van der Waals surface area contributed by atoms with E-state index in [2.05, 4.69) is 20.9 Å². The van der Waals surface area contributed by atoms with E-state index >= 15 is 0 Å². The van der Waals surface area contributed by atoms with Gasteiger partial charge in [-0.2, -0.15) is 0 Å². The fourth-order valence-electron chi connectivity index (χ4n) is 1.92. The number of pyridine rings is 1. The van der Waals surface area contributed by atoms with Crippen LogP contribution in [0.5, 0.6) is 5.75 Å². The number of benzene rings is 1. The largest absolute Gasteiger partial charge is 0.495 e. The Morgan fingerprint density at radius 1 is 1.42 bits per heavy atom. The van der Waals surface area contributed by atoms with Crippen molar-refractivity contribution in [3.63, 3.8) is 0 Å². The minimum atomic E-state index is -0.286. The normalized spacial score (nSPS) is 12.2. The smallest absolute Gasteiger partial charge is 0.141 e. The van der Waals surface area contributed by atoms with E-state index in [1.54, 1.807) is 25.6 Å². The van der Waals surface area contributed by atoms with E-state index in [-0.39, 0.29) is 11.9 Å². The summed E-state index contributed by atoms with van der Waals surface area (Å²) in [4.78, 5) is 3.99. The molecular formula is C14H14BrFN2O. The Bertz CT molecular complexity index is 577. The Labute approximate surface area is 119 Å². The molecule has 1 aromatic heterocycles. The lowest BCUT2D eigenvalue weighted by molar-refractivity contribution is 0.403. The number of rotatable bonds is 4. The molecule has 0 fully saturated rings. The first kappa shape index (κ1) is 14.0. The molecular weight excluding hydrogens is 311 g/mol. The summed E-state index contributed by atoms with van der Waals surface area (Å²) in [6.07, 6.45) is 3.80. The van der Waals surface area contributed by atoms with Crippen molar-refractivity contribution in [3.8, 4) is 5.75 Å². The summed E-state index contributed by atoms with van der Waals surface area (Å²) < 4.78 is 19.1. The van der Waals surface area contributed by atoms with E-state index in [4.69, 9.17) is 10.5 Å². The number of ether oxygens (including phenoxy) is 1. The van der Waals surface area contributed by atoms with E-state index in [1.165, 1.54) is 6.07 Å². The van der Waals surface area contributed by atoms with Crippen molar-refractivity contribution in [3.05, 3.63) is 58.1 Å². The molecule has 0 aliphatic rings. The molecule has 2 N–H and O–H groups in total. The number of methoxy groups -OCH3 is 1. The molecule has 2 rings (SSSR count). The number of nitrogens with zero attached hydrogens (tertiary/aromatic N) is 1. The van der Waals surface area contributed by atoms with Gasteiger partial charge in [0.05, 0.1) is 17.8 Å². The lowest BCUT2D eigenvalue weighted by Crippen LogP contribution is -2.15. The molecule has 3 nitrogen and oxygen atoms in total. The van der Waals surface area contributed by atoms with Crippen molar-refractivity contribution in [1.82, 2.24) is 4.98 Å². The number of nitrogens with two attached hydrogens (primary N) is 1. The molecule has 1 aromatic carbocycles. The molecule has 100 valence electrons. The van der Waals surface area contributed by atoms with Gasteiger partial charge in [0.1, 0.15) is 11.6 Å². The van der Waals surface area contributed by atoms with E-state index in [0.29, 0.717) is 16.6 Å². The fourth-order valence-corrected chi connectivity index (χ4v) is 2.35. The van der Waals surface area contributed by atoms with Crippen LogP contribution in [0.4, 0.5) is 4.39 Å². The van der Waals surface area contributed by atoms with E-state index < -0.39 is 0 Å². The van der Waals surface area contributed by atoms with Gasteiger partial charge >= 0.3 is 0 Å². The second-order valence-corrected chi connectivity index (χ2v) is 4.93. The third-order valence-corrected chi connectivity index (χ3v) is 3.80. The summed E-state index contributed by atoms with van der Waals surface area (Å²) in [5, 5.41) is 0. The van der Waals surface area contributed by atoms with Crippen LogP contribution in [0.25, 0.3) is 0 Å². The van der Waals surface area contributed by atoms with Gasteiger partial charge in [0.15, 0.2) is 0 Å². The second kappa shape index (κ2) is 6.12. The molecule has 0 saturated heterocycles. The Morgan fingerprint density at radius 3 is 2.95 bits per heavy atom. The molecule has 1 heterocycles. The molecule has 0 aliphatic heterocycles. The summed E-state index contributed by atoms with van der Waals surface area (Å²) in [7, 11) is 1.57. The van der Waals surface area contributed by atoms with Gasteiger partial charge in [0.25, 0.3) is 0 Å². The first-order valence-corrected chi connectivity index (χ1v) is 6.59. The third-order valence-electron chi connectivity index (χ3n) is 2.91. The predicted octanol–water partition coefficient (Wildman–Crippen LogP) is 3.23. The van der Waals surface area contributed by atoms with Crippen LogP contribution in [0.1, 0.15) is 17.2 Å². The molecule has 0 radical (unpaired) electrons. The summed E-state index contributed by atoms with van der Waals surface area (Å²) in [5.74, 6) is 0.355. The lowest BCUT2D eigenvalue weighted by Gasteiger charge is -2.16. The highest BCUT2D eigenvalue weighted by atomic mass is 79.9. The average molecular weight is 325 g/mol.